The predicted molar refractivity (Wildman–Crippen MR) is 54.6 cm³/mol. The minimum atomic E-state index is 0.0736. The summed E-state index contributed by atoms with van der Waals surface area (Å²) < 4.78 is 5.88. The van der Waals surface area contributed by atoms with Crippen LogP contribution in [0.1, 0.15) is 39.5 Å². The summed E-state index contributed by atoms with van der Waals surface area (Å²) in [6, 6.07) is 0. The summed E-state index contributed by atoms with van der Waals surface area (Å²) in [5.74, 6) is 0. The standard InChI is InChI=1S/C12H18O/c1-10(2)6-9-12-8-5-4-7-11(12,3)13-12/h6,9H,1,4-5,7-8H2,2-3H3/b9-6-. The van der Waals surface area contributed by atoms with Crippen LogP contribution in [0.5, 0.6) is 0 Å². The van der Waals surface area contributed by atoms with E-state index in [2.05, 4.69) is 25.7 Å². The maximum atomic E-state index is 5.88. The highest BCUT2D eigenvalue weighted by molar-refractivity contribution is 5.29. The minimum absolute atomic E-state index is 0.0736. The van der Waals surface area contributed by atoms with Crippen molar-refractivity contribution in [3.05, 3.63) is 24.3 Å². The fraction of sp³-hybridized carbons (Fsp3) is 0.667. The Hall–Kier alpha value is -0.560. The molecular formula is C12H18O. The summed E-state index contributed by atoms with van der Waals surface area (Å²) in [5.41, 5.74) is 1.33. The molecule has 1 aliphatic carbocycles. The molecule has 1 saturated carbocycles. The van der Waals surface area contributed by atoms with Crippen molar-refractivity contribution in [2.24, 2.45) is 0 Å². The Morgan fingerprint density at radius 3 is 2.69 bits per heavy atom. The van der Waals surface area contributed by atoms with Gasteiger partial charge in [-0.05, 0) is 32.8 Å². The van der Waals surface area contributed by atoms with Gasteiger partial charge in [0, 0.05) is 0 Å². The van der Waals surface area contributed by atoms with Crippen LogP contribution >= 0.6 is 0 Å². The van der Waals surface area contributed by atoms with E-state index in [9.17, 15) is 0 Å². The first-order valence-corrected chi connectivity index (χ1v) is 5.13. The van der Waals surface area contributed by atoms with E-state index in [1.54, 1.807) is 0 Å². The molecule has 0 spiro atoms. The summed E-state index contributed by atoms with van der Waals surface area (Å²) in [4.78, 5) is 0. The summed E-state index contributed by atoms with van der Waals surface area (Å²) in [5, 5.41) is 0. The third-order valence-corrected chi connectivity index (χ3v) is 3.35. The molecule has 1 nitrogen and oxygen atoms in total. The van der Waals surface area contributed by atoms with E-state index >= 15 is 0 Å². The first-order chi connectivity index (χ1) is 6.08. The van der Waals surface area contributed by atoms with Crippen LogP contribution in [0.3, 0.4) is 0 Å². The Balaban J connectivity index is 2.10. The van der Waals surface area contributed by atoms with E-state index in [4.69, 9.17) is 4.74 Å². The molecule has 0 aromatic rings. The van der Waals surface area contributed by atoms with Crippen LogP contribution < -0.4 is 0 Å². The van der Waals surface area contributed by atoms with Crippen LogP contribution in [0.4, 0.5) is 0 Å². The van der Waals surface area contributed by atoms with Crippen LogP contribution in [0.25, 0.3) is 0 Å². The summed E-state index contributed by atoms with van der Waals surface area (Å²) in [7, 11) is 0. The van der Waals surface area contributed by atoms with Gasteiger partial charge in [-0.2, -0.15) is 0 Å². The van der Waals surface area contributed by atoms with Crippen molar-refractivity contribution in [1.82, 2.24) is 0 Å². The van der Waals surface area contributed by atoms with Gasteiger partial charge in [-0.15, -0.1) is 0 Å². The van der Waals surface area contributed by atoms with Crippen LogP contribution in [0, 0.1) is 0 Å². The van der Waals surface area contributed by atoms with Crippen molar-refractivity contribution in [3.63, 3.8) is 0 Å². The molecule has 0 amide bonds. The van der Waals surface area contributed by atoms with E-state index in [-0.39, 0.29) is 11.2 Å². The third kappa shape index (κ3) is 1.35. The maximum Gasteiger partial charge on any atom is 0.116 e. The maximum absolute atomic E-state index is 5.88. The van der Waals surface area contributed by atoms with E-state index in [0.717, 1.165) is 5.57 Å². The molecule has 0 radical (unpaired) electrons. The molecule has 0 aromatic carbocycles. The Labute approximate surface area is 80.5 Å². The van der Waals surface area contributed by atoms with Gasteiger partial charge in [-0.1, -0.05) is 31.1 Å². The summed E-state index contributed by atoms with van der Waals surface area (Å²) >= 11 is 0. The summed E-state index contributed by atoms with van der Waals surface area (Å²) in [6.07, 6.45) is 9.33. The second kappa shape index (κ2) is 2.71. The lowest BCUT2D eigenvalue weighted by atomic mass is 9.80. The van der Waals surface area contributed by atoms with Crippen molar-refractivity contribution >= 4 is 0 Å². The highest BCUT2D eigenvalue weighted by atomic mass is 16.6. The van der Waals surface area contributed by atoms with Gasteiger partial charge < -0.3 is 4.74 Å². The highest BCUT2D eigenvalue weighted by Gasteiger charge is 2.65. The van der Waals surface area contributed by atoms with Gasteiger partial charge >= 0.3 is 0 Å². The van der Waals surface area contributed by atoms with Gasteiger partial charge in [0.2, 0.25) is 0 Å². The molecule has 0 N–H and O–H groups in total. The Kier molecular flexibility index (Phi) is 1.88. The second-order valence-corrected chi connectivity index (χ2v) is 4.61. The molecular weight excluding hydrogens is 160 g/mol. The Bertz CT molecular complexity index is 262. The zero-order chi connectivity index (χ0) is 9.53. The second-order valence-electron chi connectivity index (χ2n) is 4.61. The van der Waals surface area contributed by atoms with Crippen LogP contribution in [0.15, 0.2) is 24.3 Å². The first kappa shape index (κ1) is 9.01. The van der Waals surface area contributed by atoms with Gasteiger partial charge in [-0.25, -0.2) is 0 Å². The van der Waals surface area contributed by atoms with Crippen LogP contribution in [0.2, 0.25) is 0 Å². The lowest BCUT2D eigenvalue weighted by Crippen LogP contribution is -2.25. The summed E-state index contributed by atoms with van der Waals surface area (Å²) in [6.45, 7) is 8.12. The van der Waals surface area contributed by atoms with Crippen LogP contribution in [-0.2, 0) is 4.74 Å². The fourth-order valence-electron chi connectivity index (χ4n) is 2.37. The average molecular weight is 178 g/mol. The van der Waals surface area contributed by atoms with Gasteiger partial charge in [0.1, 0.15) is 5.60 Å². The van der Waals surface area contributed by atoms with Gasteiger partial charge in [0.05, 0.1) is 5.60 Å². The molecule has 2 fully saturated rings. The minimum Gasteiger partial charge on any atom is -0.358 e. The molecule has 2 atom stereocenters. The zero-order valence-electron chi connectivity index (χ0n) is 8.60. The number of fused-ring (bicyclic) bond motifs is 1. The fourth-order valence-corrected chi connectivity index (χ4v) is 2.37. The molecule has 2 rings (SSSR count). The number of ether oxygens (including phenoxy) is 1. The molecule has 0 bridgehead atoms. The molecule has 13 heavy (non-hydrogen) atoms. The van der Waals surface area contributed by atoms with Crippen LogP contribution in [-0.4, -0.2) is 11.2 Å². The molecule has 1 aliphatic heterocycles. The first-order valence-electron chi connectivity index (χ1n) is 5.13. The van der Waals surface area contributed by atoms with E-state index in [0.29, 0.717) is 0 Å². The normalized spacial score (nSPS) is 43.2. The SMILES string of the molecule is C=C(C)/C=C\C12CCCCC1(C)O2. The molecule has 1 heteroatoms. The molecule has 1 saturated heterocycles. The number of epoxide rings is 1. The van der Waals surface area contributed by atoms with Crippen molar-refractivity contribution in [1.29, 1.82) is 0 Å². The van der Waals surface area contributed by atoms with Gasteiger partial charge in [-0.3, -0.25) is 0 Å². The number of allylic oxidation sites excluding steroid dienone is 2. The van der Waals surface area contributed by atoms with Crippen molar-refractivity contribution in [2.45, 2.75) is 50.7 Å². The number of hydrogen-bond donors (Lipinski definition) is 0. The molecule has 2 unspecified atom stereocenters. The van der Waals surface area contributed by atoms with Crippen molar-refractivity contribution in [3.8, 4) is 0 Å². The number of rotatable bonds is 2. The molecule has 72 valence electrons. The van der Waals surface area contributed by atoms with E-state index in [1.165, 1.54) is 25.7 Å². The van der Waals surface area contributed by atoms with E-state index in [1.807, 2.05) is 6.92 Å². The van der Waals surface area contributed by atoms with E-state index < -0.39 is 0 Å². The van der Waals surface area contributed by atoms with Crippen molar-refractivity contribution in [2.75, 3.05) is 0 Å². The Morgan fingerprint density at radius 2 is 2.08 bits per heavy atom. The largest absolute Gasteiger partial charge is 0.358 e. The molecule has 1 heterocycles. The highest BCUT2D eigenvalue weighted by Crippen LogP contribution is 2.58. The monoisotopic (exact) mass is 178 g/mol. The van der Waals surface area contributed by atoms with Gasteiger partial charge in [0.15, 0.2) is 0 Å². The topological polar surface area (TPSA) is 12.5 Å². The third-order valence-electron chi connectivity index (χ3n) is 3.35. The number of hydrogen-bond acceptors (Lipinski definition) is 1. The smallest absolute Gasteiger partial charge is 0.116 e. The van der Waals surface area contributed by atoms with Gasteiger partial charge in [0.25, 0.3) is 0 Å². The quantitative estimate of drug-likeness (QED) is 0.467. The van der Waals surface area contributed by atoms with Crippen molar-refractivity contribution < 1.29 is 4.74 Å². The molecule has 0 aromatic heterocycles. The molecule has 2 aliphatic rings. The predicted octanol–water partition coefficient (Wildman–Crippen LogP) is 3.22. The zero-order valence-corrected chi connectivity index (χ0v) is 8.60. The lowest BCUT2D eigenvalue weighted by Gasteiger charge is -2.18. The Morgan fingerprint density at radius 1 is 1.38 bits per heavy atom. The lowest BCUT2D eigenvalue weighted by molar-refractivity contribution is 0.290. The average Bonchev–Trinajstić information content (AvgIpc) is 2.68.